The van der Waals surface area contributed by atoms with E-state index in [0.29, 0.717) is 6.45 Å². The zero-order chi connectivity index (χ0) is 6.24. The van der Waals surface area contributed by atoms with Crippen LogP contribution in [0.25, 0.3) is 0 Å². The molecule has 0 bridgehead atoms. The van der Waals surface area contributed by atoms with Crippen LogP contribution in [0, 0.1) is 12.3 Å². The number of hydrogen-bond donors (Lipinski definition) is 0. The molecule has 0 aliphatic heterocycles. The van der Waals surface area contributed by atoms with Gasteiger partial charge < -0.3 is 4.52 Å². The molecule has 0 aromatic carbocycles. The standard InChI is InChI=1S/C5H8IOP/c1-2-3-4-5-7-8-6/h1,8H,3-5H2. The first kappa shape index (κ1) is 8.68. The van der Waals surface area contributed by atoms with Crippen LogP contribution in [0.1, 0.15) is 12.8 Å². The third-order valence-corrected chi connectivity index (χ3v) is 1.87. The summed E-state index contributed by atoms with van der Waals surface area (Å²) < 4.78 is 5.05. The minimum absolute atomic E-state index is 0.570. The normalized spacial score (nSPS) is 10.0. The molecule has 1 nitrogen and oxygen atoms in total. The Kier molecular flexibility index (Phi) is 8.33. The van der Waals surface area contributed by atoms with Gasteiger partial charge in [0.2, 0.25) is 0 Å². The van der Waals surface area contributed by atoms with Crippen molar-refractivity contribution in [2.75, 3.05) is 6.61 Å². The molecule has 3 heteroatoms. The lowest BCUT2D eigenvalue weighted by atomic mass is 10.3. The van der Waals surface area contributed by atoms with Crippen molar-refractivity contribution in [2.45, 2.75) is 12.8 Å². The van der Waals surface area contributed by atoms with Crippen LogP contribution in [0.2, 0.25) is 0 Å². The molecule has 0 aromatic heterocycles. The van der Waals surface area contributed by atoms with Gasteiger partial charge in [-0.1, -0.05) is 0 Å². The van der Waals surface area contributed by atoms with Crippen molar-refractivity contribution in [3.05, 3.63) is 0 Å². The van der Waals surface area contributed by atoms with E-state index in [4.69, 9.17) is 10.9 Å². The van der Waals surface area contributed by atoms with Crippen molar-refractivity contribution in [3.8, 4) is 12.3 Å². The largest absolute Gasteiger partial charge is 0.352 e. The van der Waals surface area contributed by atoms with Gasteiger partial charge in [0.15, 0.2) is 0 Å². The highest BCUT2D eigenvalue weighted by Gasteiger charge is 1.81. The first-order chi connectivity index (χ1) is 3.91. The van der Waals surface area contributed by atoms with Crippen molar-refractivity contribution in [1.82, 2.24) is 0 Å². The predicted octanol–water partition coefficient (Wildman–Crippen LogP) is 2.36. The molecule has 0 spiro atoms. The molecule has 0 heterocycles. The van der Waals surface area contributed by atoms with Gasteiger partial charge in [0, 0.05) is 6.42 Å². The maximum atomic E-state index is 5.05. The Morgan fingerprint density at radius 2 is 2.50 bits per heavy atom. The second-order valence-corrected chi connectivity index (χ2v) is 3.00. The van der Waals surface area contributed by atoms with E-state index < -0.39 is 0 Å². The van der Waals surface area contributed by atoms with Gasteiger partial charge in [-0.15, -0.1) is 12.3 Å². The van der Waals surface area contributed by atoms with Crippen LogP contribution in [0.4, 0.5) is 0 Å². The fraction of sp³-hybridized carbons (Fsp3) is 0.600. The van der Waals surface area contributed by atoms with E-state index in [0.717, 1.165) is 19.4 Å². The highest BCUT2D eigenvalue weighted by Crippen LogP contribution is 2.21. The molecule has 1 atom stereocenters. The van der Waals surface area contributed by atoms with Crippen LogP contribution >= 0.6 is 28.5 Å². The summed E-state index contributed by atoms with van der Waals surface area (Å²) in [4.78, 5) is 0. The summed E-state index contributed by atoms with van der Waals surface area (Å²) in [6.45, 7) is 1.38. The second kappa shape index (κ2) is 7.68. The maximum absolute atomic E-state index is 5.05. The molecule has 0 N–H and O–H groups in total. The molecule has 0 aromatic rings. The highest BCUT2D eigenvalue weighted by molar-refractivity contribution is 14.2. The second-order valence-electron chi connectivity index (χ2n) is 1.23. The van der Waals surface area contributed by atoms with E-state index in [9.17, 15) is 0 Å². The van der Waals surface area contributed by atoms with Gasteiger partial charge in [-0.25, -0.2) is 0 Å². The van der Waals surface area contributed by atoms with Crippen LogP contribution in [0.3, 0.4) is 0 Å². The minimum Gasteiger partial charge on any atom is -0.352 e. The van der Waals surface area contributed by atoms with E-state index in [1.807, 2.05) is 0 Å². The fourth-order valence-electron chi connectivity index (χ4n) is 0.285. The van der Waals surface area contributed by atoms with Crippen molar-refractivity contribution in [2.24, 2.45) is 0 Å². The summed E-state index contributed by atoms with van der Waals surface area (Å²) in [6.07, 6.45) is 6.83. The SMILES string of the molecule is C#CCCCOPI. The summed E-state index contributed by atoms with van der Waals surface area (Å²) >= 11 is 2.19. The molecular formula is C5H8IOP. The summed E-state index contributed by atoms with van der Waals surface area (Å²) in [6, 6.07) is 0. The average molecular weight is 242 g/mol. The van der Waals surface area contributed by atoms with Crippen molar-refractivity contribution in [1.29, 1.82) is 0 Å². The molecule has 0 aliphatic rings. The quantitative estimate of drug-likeness (QED) is 0.318. The van der Waals surface area contributed by atoms with Crippen LogP contribution in [-0.2, 0) is 4.52 Å². The van der Waals surface area contributed by atoms with Gasteiger partial charge in [0.25, 0.3) is 0 Å². The number of halogens is 1. The van der Waals surface area contributed by atoms with Crippen molar-refractivity contribution >= 4 is 28.5 Å². The Morgan fingerprint density at radius 1 is 1.75 bits per heavy atom. The first-order valence-corrected chi connectivity index (χ1v) is 6.35. The molecule has 0 radical (unpaired) electrons. The zero-order valence-electron chi connectivity index (χ0n) is 4.48. The molecule has 8 heavy (non-hydrogen) atoms. The monoisotopic (exact) mass is 242 g/mol. The average Bonchev–Trinajstić information content (AvgIpc) is 1.81. The molecule has 0 rings (SSSR count). The molecular weight excluding hydrogens is 234 g/mol. The molecule has 46 valence electrons. The molecule has 0 amide bonds. The zero-order valence-corrected chi connectivity index (χ0v) is 7.64. The van der Waals surface area contributed by atoms with E-state index >= 15 is 0 Å². The lowest BCUT2D eigenvalue weighted by Crippen LogP contribution is -1.80. The van der Waals surface area contributed by atoms with E-state index in [1.165, 1.54) is 0 Å². The maximum Gasteiger partial charge on any atom is 0.0793 e. The Hall–Kier alpha value is 0.680. The van der Waals surface area contributed by atoms with Crippen LogP contribution in [0.5, 0.6) is 0 Å². The van der Waals surface area contributed by atoms with Crippen molar-refractivity contribution < 1.29 is 4.52 Å². The van der Waals surface area contributed by atoms with E-state index in [-0.39, 0.29) is 0 Å². The summed E-state index contributed by atoms with van der Waals surface area (Å²) in [5, 5.41) is 0. The van der Waals surface area contributed by atoms with Gasteiger partial charge in [-0.05, 0) is 28.5 Å². The van der Waals surface area contributed by atoms with Gasteiger partial charge in [0.1, 0.15) is 0 Å². The first-order valence-electron chi connectivity index (χ1n) is 2.32. The summed E-state index contributed by atoms with van der Waals surface area (Å²) in [7, 11) is 0. The Balaban J connectivity index is 2.65. The van der Waals surface area contributed by atoms with E-state index in [2.05, 4.69) is 28.0 Å². The molecule has 0 saturated carbocycles. The lowest BCUT2D eigenvalue weighted by molar-refractivity contribution is 0.364. The van der Waals surface area contributed by atoms with E-state index in [1.54, 1.807) is 0 Å². The van der Waals surface area contributed by atoms with Crippen LogP contribution in [-0.4, -0.2) is 6.61 Å². The van der Waals surface area contributed by atoms with Crippen LogP contribution in [0.15, 0.2) is 0 Å². The number of hydrogen-bond acceptors (Lipinski definition) is 1. The summed E-state index contributed by atoms with van der Waals surface area (Å²) in [5.41, 5.74) is 0. The minimum atomic E-state index is 0.570. The van der Waals surface area contributed by atoms with Gasteiger partial charge in [-0.3, -0.25) is 0 Å². The Bertz CT molecular complexity index is 79.0. The Labute approximate surface area is 64.9 Å². The lowest BCUT2D eigenvalue weighted by Gasteiger charge is -1.93. The number of terminal acetylenes is 1. The summed E-state index contributed by atoms with van der Waals surface area (Å²) in [5.74, 6) is 2.55. The van der Waals surface area contributed by atoms with Gasteiger partial charge >= 0.3 is 0 Å². The molecule has 0 saturated heterocycles. The molecule has 0 fully saturated rings. The smallest absolute Gasteiger partial charge is 0.0793 e. The van der Waals surface area contributed by atoms with Gasteiger partial charge in [0.05, 0.1) is 13.1 Å². The highest BCUT2D eigenvalue weighted by atomic mass is 127. The Morgan fingerprint density at radius 3 is 3.00 bits per heavy atom. The van der Waals surface area contributed by atoms with Crippen LogP contribution < -0.4 is 0 Å². The predicted molar refractivity (Wildman–Crippen MR) is 46.4 cm³/mol. The number of unbranched alkanes of at least 4 members (excludes halogenated alkanes) is 1. The van der Waals surface area contributed by atoms with Gasteiger partial charge in [-0.2, -0.15) is 0 Å². The third kappa shape index (κ3) is 6.68. The van der Waals surface area contributed by atoms with Crippen molar-refractivity contribution in [3.63, 3.8) is 0 Å². The third-order valence-electron chi connectivity index (χ3n) is 0.622. The topological polar surface area (TPSA) is 9.23 Å². The number of rotatable bonds is 4. The fourth-order valence-corrected chi connectivity index (χ4v) is 1.17. The molecule has 1 unspecified atom stereocenters. The molecule has 0 aliphatic carbocycles.